The summed E-state index contributed by atoms with van der Waals surface area (Å²) >= 11 is 1.92. The van der Waals surface area contributed by atoms with E-state index < -0.39 is 0 Å². The summed E-state index contributed by atoms with van der Waals surface area (Å²) in [5.74, 6) is 0. The van der Waals surface area contributed by atoms with Crippen molar-refractivity contribution < 1.29 is 0 Å². The van der Waals surface area contributed by atoms with Crippen molar-refractivity contribution in [3.63, 3.8) is 0 Å². The lowest BCUT2D eigenvalue weighted by molar-refractivity contribution is 0.305. The van der Waals surface area contributed by atoms with Gasteiger partial charge in [-0.25, -0.2) is 0 Å². The molecule has 0 atom stereocenters. The Bertz CT molecular complexity index is 600. The van der Waals surface area contributed by atoms with Gasteiger partial charge in [0.05, 0.1) is 0 Å². The van der Waals surface area contributed by atoms with E-state index in [0.717, 1.165) is 32.7 Å². The van der Waals surface area contributed by atoms with E-state index in [0.29, 0.717) is 0 Å². The topological polar surface area (TPSA) is 15.3 Å². The molecule has 0 aliphatic heterocycles. The number of likely N-dealkylation sites (N-methyl/N-ethyl adjacent to an activating group) is 1. The number of hydrogen-bond donors (Lipinski definition) is 1. The van der Waals surface area contributed by atoms with Gasteiger partial charge in [-0.1, -0.05) is 44.2 Å². The molecule has 114 valence electrons. The van der Waals surface area contributed by atoms with Gasteiger partial charge in [-0.3, -0.25) is 4.90 Å². The molecule has 1 N–H and O–H groups in total. The molecule has 0 aliphatic rings. The molecule has 3 heteroatoms. The van der Waals surface area contributed by atoms with Gasteiger partial charge in [-0.15, -0.1) is 11.3 Å². The predicted molar refractivity (Wildman–Crippen MR) is 95.0 cm³/mol. The van der Waals surface area contributed by atoms with Crippen LogP contribution in [0.3, 0.4) is 0 Å². The molecule has 2 aromatic rings. The van der Waals surface area contributed by atoms with Crippen LogP contribution < -0.4 is 5.32 Å². The molecular weight excluding hydrogens is 276 g/mol. The van der Waals surface area contributed by atoms with E-state index >= 15 is 0 Å². The Morgan fingerprint density at radius 3 is 2.71 bits per heavy atom. The maximum atomic E-state index is 4.06. The third-order valence-corrected chi connectivity index (χ3v) is 4.85. The third kappa shape index (κ3) is 4.16. The Morgan fingerprint density at radius 2 is 2.05 bits per heavy atom. The number of fused-ring (bicyclic) bond motifs is 1. The van der Waals surface area contributed by atoms with Crippen molar-refractivity contribution in [2.45, 2.75) is 33.9 Å². The standard InChI is InChI=1S/C18H26N2S/c1-5-19-11-18-16(13-20(6-2)12-14(3)4)15-9-7-8-10-17(15)21-18/h7-10,19H,3,5-6,11-13H2,1-2,4H3. The highest BCUT2D eigenvalue weighted by atomic mass is 32.1. The van der Waals surface area contributed by atoms with Gasteiger partial charge in [0.1, 0.15) is 0 Å². The van der Waals surface area contributed by atoms with Crippen molar-refractivity contribution >= 4 is 21.4 Å². The van der Waals surface area contributed by atoms with Gasteiger partial charge in [0.25, 0.3) is 0 Å². The van der Waals surface area contributed by atoms with Crippen LogP contribution in [0.4, 0.5) is 0 Å². The van der Waals surface area contributed by atoms with Crippen molar-refractivity contribution in [3.8, 4) is 0 Å². The van der Waals surface area contributed by atoms with E-state index in [1.165, 1.54) is 26.1 Å². The van der Waals surface area contributed by atoms with E-state index in [2.05, 4.69) is 61.8 Å². The molecule has 0 spiro atoms. The summed E-state index contributed by atoms with van der Waals surface area (Å²) in [7, 11) is 0. The summed E-state index contributed by atoms with van der Waals surface area (Å²) in [6.45, 7) is 15.6. The molecular formula is C18H26N2S. The molecule has 0 saturated heterocycles. The molecule has 0 saturated carbocycles. The minimum Gasteiger partial charge on any atom is -0.312 e. The first kappa shape index (κ1) is 16.2. The minimum atomic E-state index is 0.968. The molecule has 0 fully saturated rings. The normalized spacial score (nSPS) is 11.4. The lowest BCUT2D eigenvalue weighted by atomic mass is 10.1. The Morgan fingerprint density at radius 1 is 1.29 bits per heavy atom. The molecule has 0 amide bonds. The average Bonchev–Trinajstić information content (AvgIpc) is 2.82. The van der Waals surface area contributed by atoms with Crippen LogP contribution in [-0.2, 0) is 13.1 Å². The van der Waals surface area contributed by atoms with Gasteiger partial charge < -0.3 is 5.32 Å². The quantitative estimate of drug-likeness (QED) is 0.727. The van der Waals surface area contributed by atoms with Crippen LogP contribution in [-0.4, -0.2) is 24.5 Å². The molecule has 1 aromatic carbocycles. The van der Waals surface area contributed by atoms with Crippen molar-refractivity contribution in [2.75, 3.05) is 19.6 Å². The highest BCUT2D eigenvalue weighted by molar-refractivity contribution is 7.19. The second kappa shape index (κ2) is 7.74. The Labute approximate surface area is 132 Å². The van der Waals surface area contributed by atoms with Gasteiger partial charge in [-0.05, 0) is 37.0 Å². The minimum absolute atomic E-state index is 0.968. The van der Waals surface area contributed by atoms with Crippen LogP contribution in [0.25, 0.3) is 10.1 Å². The zero-order valence-corrected chi connectivity index (χ0v) is 14.2. The smallest absolute Gasteiger partial charge is 0.0349 e. The zero-order chi connectivity index (χ0) is 15.2. The highest BCUT2D eigenvalue weighted by Gasteiger charge is 2.14. The summed E-state index contributed by atoms with van der Waals surface area (Å²) in [5.41, 5.74) is 2.71. The van der Waals surface area contributed by atoms with Crippen molar-refractivity contribution in [1.82, 2.24) is 10.2 Å². The highest BCUT2D eigenvalue weighted by Crippen LogP contribution is 2.32. The molecule has 1 heterocycles. The van der Waals surface area contributed by atoms with Crippen LogP contribution in [0.5, 0.6) is 0 Å². The fourth-order valence-electron chi connectivity index (χ4n) is 2.59. The lowest BCUT2D eigenvalue weighted by Crippen LogP contribution is -2.25. The van der Waals surface area contributed by atoms with E-state index in [1.54, 1.807) is 0 Å². The zero-order valence-electron chi connectivity index (χ0n) is 13.4. The van der Waals surface area contributed by atoms with Gasteiger partial charge >= 0.3 is 0 Å². The Balaban J connectivity index is 2.32. The van der Waals surface area contributed by atoms with Crippen molar-refractivity contribution in [1.29, 1.82) is 0 Å². The second-order valence-electron chi connectivity index (χ2n) is 5.54. The number of thiophene rings is 1. The van der Waals surface area contributed by atoms with Gasteiger partial charge in [0.15, 0.2) is 0 Å². The van der Waals surface area contributed by atoms with E-state index in [1.807, 2.05) is 11.3 Å². The molecule has 2 nitrogen and oxygen atoms in total. The fourth-order valence-corrected chi connectivity index (χ4v) is 3.77. The van der Waals surface area contributed by atoms with Crippen LogP contribution >= 0.6 is 11.3 Å². The van der Waals surface area contributed by atoms with Crippen molar-refractivity contribution in [2.24, 2.45) is 0 Å². The Kier molecular flexibility index (Phi) is 5.97. The average molecular weight is 302 g/mol. The fraction of sp³-hybridized carbons (Fsp3) is 0.444. The monoisotopic (exact) mass is 302 g/mol. The summed E-state index contributed by atoms with van der Waals surface area (Å²) in [5, 5.41) is 4.88. The summed E-state index contributed by atoms with van der Waals surface area (Å²) in [6.07, 6.45) is 0. The van der Waals surface area contributed by atoms with Crippen LogP contribution in [0.1, 0.15) is 31.2 Å². The summed E-state index contributed by atoms with van der Waals surface area (Å²) < 4.78 is 1.40. The SMILES string of the molecule is C=C(C)CN(CC)Cc1c(CNCC)sc2ccccc12. The molecule has 0 radical (unpaired) electrons. The Hall–Kier alpha value is -1.16. The number of hydrogen-bond acceptors (Lipinski definition) is 3. The van der Waals surface area contributed by atoms with Crippen LogP contribution in [0, 0.1) is 0 Å². The van der Waals surface area contributed by atoms with Gasteiger partial charge in [-0.2, -0.15) is 0 Å². The first-order valence-corrected chi connectivity index (χ1v) is 8.54. The molecule has 0 aliphatic carbocycles. The molecule has 21 heavy (non-hydrogen) atoms. The van der Waals surface area contributed by atoms with Gasteiger partial charge in [0, 0.05) is 29.2 Å². The number of rotatable bonds is 8. The maximum absolute atomic E-state index is 4.06. The van der Waals surface area contributed by atoms with Gasteiger partial charge in [0.2, 0.25) is 0 Å². The molecule has 0 bridgehead atoms. The predicted octanol–water partition coefficient (Wildman–Crippen LogP) is 4.41. The van der Waals surface area contributed by atoms with E-state index in [9.17, 15) is 0 Å². The largest absolute Gasteiger partial charge is 0.312 e. The van der Waals surface area contributed by atoms with Crippen LogP contribution in [0.15, 0.2) is 36.4 Å². The molecule has 1 aromatic heterocycles. The second-order valence-corrected chi connectivity index (χ2v) is 6.68. The van der Waals surface area contributed by atoms with Crippen LogP contribution in [0.2, 0.25) is 0 Å². The van der Waals surface area contributed by atoms with Crippen molar-refractivity contribution in [3.05, 3.63) is 46.9 Å². The third-order valence-electron chi connectivity index (χ3n) is 3.64. The maximum Gasteiger partial charge on any atom is 0.0349 e. The lowest BCUT2D eigenvalue weighted by Gasteiger charge is -2.21. The number of nitrogens with zero attached hydrogens (tertiary/aromatic N) is 1. The number of benzene rings is 1. The van der Waals surface area contributed by atoms with E-state index in [-0.39, 0.29) is 0 Å². The summed E-state index contributed by atoms with van der Waals surface area (Å²) in [4.78, 5) is 3.94. The van der Waals surface area contributed by atoms with E-state index in [4.69, 9.17) is 0 Å². The number of nitrogens with one attached hydrogen (secondary N) is 1. The molecule has 2 rings (SSSR count). The summed E-state index contributed by atoms with van der Waals surface area (Å²) in [6, 6.07) is 8.76. The molecule has 0 unspecified atom stereocenters. The first-order chi connectivity index (χ1) is 10.2. The first-order valence-electron chi connectivity index (χ1n) is 7.72.